The van der Waals surface area contributed by atoms with E-state index < -0.39 is 10.0 Å². The Morgan fingerprint density at radius 1 is 1.20 bits per heavy atom. The Bertz CT molecular complexity index is 661. The van der Waals surface area contributed by atoms with E-state index in [4.69, 9.17) is 0 Å². The van der Waals surface area contributed by atoms with Gasteiger partial charge in [0.15, 0.2) is 5.96 Å². The highest BCUT2D eigenvalue weighted by molar-refractivity contribution is 7.89. The van der Waals surface area contributed by atoms with Gasteiger partial charge in [0.05, 0.1) is 4.90 Å². The fourth-order valence-electron chi connectivity index (χ4n) is 2.24. The van der Waals surface area contributed by atoms with Crippen molar-refractivity contribution in [3.8, 4) is 0 Å². The fourth-order valence-corrected chi connectivity index (χ4v) is 2.97. The molecule has 0 heterocycles. The highest BCUT2D eigenvalue weighted by atomic mass is 32.2. The molecule has 0 radical (unpaired) electrons. The second-order valence-electron chi connectivity index (χ2n) is 7.42. The minimum absolute atomic E-state index is 0.261. The lowest BCUT2D eigenvalue weighted by Gasteiger charge is -2.23. The summed E-state index contributed by atoms with van der Waals surface area (Å²) in [6.45, 7) is 9.45. The van der Waals surface area contributed by atoms with E-state index in [1.54, 1.807) is 31.3 Å². The Kier molecular flexibility index (Phi) is 7.89. The van der Waals surface area contributed by atoms with Gasteiger partial charge in [-0.25, -0.2) is 13.1 Å². The summed E-state index contributed by atoms with van der Waals surface area (Å²) in [4.78, 5) is 4.51. The molecule has 1 aromatic carbocycles. The minimum atomic E-state index is -3.39. The molecule has 1 rings (SSSR count). The van der Waals surface area contributed by atoms with Crippen LogP contribution in [0, 0.1) is 5.41 Å². The van der Waals surface area contributed by atoms with E-state index in [1.165, 1.54) is 7.05 Å². The first kappa shape index (κ1) is 21.4. The van der Waals surface area contributed by atoms with Gasteiger partial charge < -0.3 is 10.6 Å². The lowest BCUT2D eigenvalue weighted by Crippen LogP contribution is -2.42. The number of guanidine groups is 1. The minimum Gasteiger partial charge on any atom is -0.354 e. The lowest BCUT2D eigenvalue weighted by molar-refractivity contribution is 0.346. The van der Waals surface area contributed by atoms with Crippen molar-refractivity contribution in [3.63, 3.8) is 0 Å². The van der Waals surface area contributed by atoms with Crippen molar-refractivity contribution < 1.29 is 8.42 Å². The Hall–Kier alpha value is -1.60. The molecule has 3 N–H and O–H groups in total. The number of rotatable bonds is 7. The molecule has 0 fully saturated rings. The van der Waals surface area contributed by atoms with Gasteiger partial charge in [-0.1, -0.05) is 32.9 Å². The van der Waals surface area contributed by atoms with Gasteiger partial charge in [0.1, 0.15) is 0 Å². The van der Waals surface area contributed by atoms with Gasteiger partial charge in [0.25, 0.3) is 0 Å². The first-order valence-electron chi connectivity index (χ1n) is 8.57. The average Bonchev–Trinajstić information content (AvgIpc) is 2.56. The molecule has 0 aliphatic rings. The number of nitrogens with one attached hydrogen (secondary N) is 3. The summed E-state index contributed by atoms with van der Waals surface area (Å²) < 4.78 is 25.8. The summed E-state index contributed by atoms with van der Waals surface area (Å²) in [7, 11) is -0.243. The fraction of sp³-hybridized carbons (Fsp3) is 0.611. The summed E-state index contributed by atoms with van der Waals surface area (Å²) in [5.74, 6) is 0.744. The molecule has 0 aromatic heterocycles. The van der Waals surface area contributed by atoms with Crippen LogP contribution in [0.5, 0.6) is 0 Å². The van der Waals surface area contributed by atoms with Crippen molar-refractivity contribution >= 4 is 16.0 Å². The van der Waals surface area contributed by atoms with Gasteiger partial charge in [-0.15, -0.1) is 0 Å². The number of aliphatic imine (C=N–C) groups is 1. The van der Waals surface area contributed by atoms with E-state index in [9.17, 15) is 8.42 Å². The smallest absolute Gasteiger partial charge is 0.240 e. The predicted molar refractivity (Wildman–Crippen MR) is 104 cm³/mol. The molecule has 0 saturated carbocycles. The summed E-state index contributed by atoms with van der Waals surface area (Å²) >= 11 is 0. The zero-order valence-electron chi connectivity index (χ0n) is 16.2. The summed E-state index contributed by atoms with van der Waals surface area (Å²) in [6, 6.07) is 7.13. The topological polar surface area (TPSA) is 82.6 Å². The lowest BCUT2D eigenvalue weighted by atomic mass is 9.89. The van der Waals surface area contributed by atoms with Crippen LogP contribution in [0.4, 0.5) is 0 Å². The summed E-state index contributed by atoms with van der Waals surface area (Å²) in [6.07, 6.45) is 2.21. The molecule has 0 bridgehead atoms. The van der Waals surface area contributed by atoms with Crippen LogP contribution in [0.25, 0.3) is 0 Å². The summed E-state index contributed by atoms with van der Waals surface area (Å²) in [5, 5.41) is 6.65. The molecule has 7 heteroatoms. The van der Waals surface area contributed by atoms with Gasteiger partial charge in [0, 0.05) is 19.6 Å². The third-order valence-corrected chi connectivity index (χ3v) is 5.33. The molecule has 1 atom stereocenters. The molecule has 6 nitrogen and oxygen atoms in total. The average molecular weight is 369 g/mol. The van der Waals surface area contributed by atoms with Crippen LogP contribution in [-0.4, -0.2) is 34.5 Å². The van der Waals surface area contributed by atoms with Crippen molar-refractivity contribution in [2.45, 2.75) is 58.0 Å². The van der Waals surface area contributed by atoms with E-state index in [0.29, 0.717) is 18.0 Å². The van der Waals surface area contributed by atoms with Gasteiger partial charge in [0.2, 0.25) is 10.0 Å². The number of sulfonamides is 1. The van der Waals surface area contributed by atoms with Gasteiger partial charge in [-0.3, -0.25) is 4.99 Å². The Morgan fingerprint density at radius 3 is 2.28 bits per heavy atom. The number of nitrogens with zero attached hydrogens (tertiary/aromatic N) is 1. The first-order valence-corrected chi connectivity index (χ1v) is 10.1. The number of hydrogen-bond acceptors (Lipinski definition) is 3. The second-order valence-corrected chi connectivity index (χ2v) is 9.31. The predicted octanol–water partition coefficient (Wildman–Crippen LogP) is 2.47. The molecule has 0 saturated heterocycles. The maximum atomic E-state index is 11.7. The standard InChI is InChI=1S/C18H32N4O2S/c1-14(11-12-18(2,3)4)22-17(19-5)21-13-15-7-9-16(10-8-15)25(23,24)20-6/h7-10,14,20H,11-13H2,1-6H3,(H2,19,21,22). The van der Waals surface area contributed by atoms with Crippen molar-refractivity contribution in [2.75, 3.05) is 14.1 Å². The Balaban J connectivity index is 2.55. The van der Waals surface area contributed by atoms with Crippen LogP contribution in [0.3, 0.4) is 0 Å². The van der Waals surface area contributed by atoms with Crippen LogP contribution < -0.4 is 15.4 Å². The van der Waals surface area contributed by atoms with Crippen molar-refractivity contribution in [3.05, 3.63) is 29.8 Å². The quantitative estimate of drug-likeness (QED) is 0.510. The van der Waals surface area contributed by atoms with E-state index in [1.807, 2.05) is 0 Å². The highest BCUT2D eigenvalue weighted by Gasteiger charge is 2.13. The van der Waals surface area contributed by atoms with Crippen LogP contribution in [-0.2, 0) is 16.6 Å². The number of hydrogen-bond donors (Lipinski definition) is 3. The normalized spacial score (nSPS) is 14.2. The van der Waals surface area contributed by atoms with E-state index in [-0.39, 0.29) is 4.90 Å². The third-order valence-electron chi connectivity index (χ3n) is 3.90. The molecule has 142 valence electrons. The van der Waals surface area contributed by atoms with E-state index >= 15 is 0 Å². The maximum absolute atomic E-state index is 11.7. The Morgan fingerprint density at radius 2 is 1.80 bits per heavy atom. The molecule has 25 heavy (non-hydrogen) atoms. The van der Waals surface area contributed by atoms with Crippen LogP contribution in [0.1, 0.15) is 46.1 Å². The van der Waals surface area contributed by atoms with Crippen molar-refractivity contribution in [1.29, 1.82) is 0 Å². The molecular weight excluding hydrogens is 336 g/mol. The molecule has 0 spiro atoms. The molecule has 0 aliphatic carbocycles. The zero-order chi connectivity index (χ0) is 19.1. The van der Waals surface area contributed by atoms with Crippen molar-refractivity contribution in [1.82, 2.24) is 15.4 Å². The third kappa shape index (κ3) is 7.88. The number of benzene rings is 1. The van der Waals surface area contributed by atoms with Crippen LogP contribution in [0.2, 0.25) is 0 Å². The molecule has 1 aromatic rings. The van der Waals surface area contributed by atoms with Crippen molar-refractivity contribution in [2.24, 2.45) is 10.4 Å². The second kappa shape index (κ2) is 9.20. The Labute approximate surface area is 152 Å². The molecule has 1 unspecified atom stereocenters. The largest absolute Gasteiger partial charge is 0.354 e. The molecule has 0 aliphatic heterocycles. The molecular formula is C18H32N4O2S. The van der Waals surface area contributed by atoms with Gasteiger partial charge in [-0.05, 0) is 49.9 Å². The van der Waals surface area contributed by atoms with E-state index in [0.717, 1.165) is 24.4 Å². The summed E-state index contributed by atoms with van der Waals surface area (Å²) in [5.41, 5.74) is 1.31. The SMILES string of the molecule is CN=C(NCc1ccc(S(=O)(=O)NC)cc1)NC(C)CCC(C)(C)C. The van der Waals surface area contributed by atoms with Crippen LogP contribution in [0.15, 0.2) is 34.2 Å². The van der Waals surface area contributed by atoms with Gasteiger partial charge in [-0.2, -0.15) is 0 Å². The molecule has 0 amide bonds. The highest BCUT2D eigenvalue weighted by Crippen LogP contribution is 2.21. The zero-order valence-corrected chi connectivity index (χ0v) is 17.0. The van der Waals surface area contributed by atoms with E-state index in [2.05, 4.69) is 48.0 Å². The first-order chi connectivity index (χ1) is 11.6. The monoisotopic (exact) mass is 368 g/mol. The van der Waals surface area contributed by atoms with Gasteiger partial charge >= 0.3 is 0 Å². The maximum Gasteiger partial charge on any atom is 0.240 e. The van der Waals surface area contributed by atoms with Crippen LogP contribution >= 0.6 is 0 Å².